The van der Waals surface area contributed by atoms with Crippen molar-refractivity contribution < 1.29 is 4.74 Å². The lowest BCUT2D eigenvalue weighted by Gasteiger charge is -2.23. The molecule has 1 fully saturated rings. The molecular formula is C11H19N3O. The molecule has 2 rings (SSSR count). The topological polar surface area (TPSA) is 53.1 Å². The molecule has 0 amide bonds. The van der Waals surface area contributed by atoms with E-state index in [0.29, 0.717) is 12.1 Å². The monoisotopic (exact) mass is 209 g/mol. The molecule has 1 aliphatic rings. The van der Waals surface area contributed by atoms with Crippen LogP contribution in [0.1, 0.15) is 44.5 Å². The maximum Gasteiger partial charge on any atom is 0.0952 e. The highest BCUT2D eigenvalue weighted by atomic mass is 16.5. The number of ether oxygens (including phenoxy) is 1. The fourth-order valence-corrected chi connectivity index (χ4v) is 2.17. The maximum atomic E-state index is 5.89. The highest BCUT2D eigenvalue weighted by molar-refractivity contribution is 5.05. The molecular weight excluding hydrogens is 190 g/mol. The number of nitrogens with two attached hydrogens (primary N) is 1. The summed E-state index contributed by atoms with van der Waals surface area (Å²) in [7, 11) is 0. The van der Waals surface area contributed by atoms with E-state index in [9.17, 15) is 0 Å². The fraction of sp³-hybridized carbons (Fsp3) is 0.727. The third-order valence-corrected chi connectivity index (χ3v) is 3.10. The van der Waals surface area contributed by atoms with E-state index in [1.807, 2.05) is 19.4 Å². The van der Waals surface area contributed by atoms with Crippen molar-refractivity contribution in [1.29, 1.82) is 0 Å². The summed E-state index contributed by atoms with van der Waals surface area (Å²) in [6.07, 6.45) is 6.31. The van der Waals surface area contributed by atoms with E-state index in [-0.39, 0.29) is 6.04 Å². The molecule has 1 saturated heterocycles. The van der Waals surface area contributed by atoms with Crippen LogP contribution in [0, 0.1) is 0 Å². The summed E-state index contributed by atoms with van der Waals surface area (Å²) in [6, 6.07) is 0.354. The van der Waals surface area contributed by atoms with E-state index in [1.54, 1.807) is 0 Å². The van der Waals surface area contributed by atoms with E-state index in [2.05, 4.69) is 16.5 Å². The van der Waals surface area contributed by atoms with Gasteiger partial charge < -0.3 is 15.0 Å². The zero-order valence-electron chi connectivity index (χ0n) is 9.39. The van der Waals surface area contributed by atoms with Crippen molar-refractivity contribution in [3.8, 4) is 0 Å². The molecule has 2 N–H and O–H groups in total. The second-order valence-electron chi connectivity index (χ2n) is 4.31. The third kappa shape index (κ3) is 2.06. The largest absolute Gasteiger partial charge is 0.376 e. The van der Waals surface area contributed by atoms with Gasteiger partial charge in [0.25, 0.3) is 0 Å². The number of hydrogen-bond acceptors (Lipinski definition) is 3. The Morgan fingerprint density at radius 1 is 1.60 bits per heavy atom. The molecule has 2 heterocycles. The van der Waals surface area contributed by atoms with Crippen LogP contribution >= 0.6 is 0 Å². The lowest BCUT2D eigenvalue weighted by molar-refractivity contribution is 0.0721. The third-order valence-electron chi connectivity index (χ3n) is 3.10. The van der Waals surface area contributed by atoms with E-state index in [1.165, 1.54) is 0 Å². The zero-order valence-corrected chi connectivity index (χ0v) is 9.39. The highest BCUT2D eigenvalue weighted by Gasteiger charge is 2.25. The zero-order chi connectivity index (χ0) is 10.8. The molecule has 15 heavy (non-hydrogen) atoms. The van der Waals surface area contributed by atoms with E-state index in [0.717, 1.165) is 25.1 Å². The van der Waals surface area contributed by atoms with Gasteiger partial charge in [-0.3, -0.25) is 0 Å². The van der Waals surface area contributed by atoms with Crippen molar-refractivity contribution in [1.82, 2.24) is 9.55 Å². The minimum Gasteiger partial charge on any atom is -0.376 e. The van der Waals surface area contributed by atoms with Gasteiger partial charge in [0.1, 0.15) is 0 Å². The molecule has 0 spiro atoms. The van der Waals surface area contributed by atoms with Gasteiger partial charge in [-0.05, 0) is 26.7 Å². The standard InChI is InChI=1S/C11H19N3O/c1-8(12)10-6-13-7-14(10)9(2)11-4-3-5-15-11/h6-9,11H,3-5,12H2,1-2H3/t8-,9?,11?/m0/s1. The number of imidazole rings is 1. The average molecular weight is 209 g/mol. The predicted octanol–water partition coefficient (Wildman–Crippen LogP) is 1.64. The Balaban J connectivity index is 2.16. The molecule has 4 heteroatoms. The van der Waals surface area contributed by atoms with Crippen molar-refractivity contribution in [2.75, 3.05) is 6.61 Å². The van der Waals surface area contributed by atoms with Crippen LogP contribution in [0.15, 0.2) is 12.5 Å². The van der Waals surface area contributed by atoms with Crippen LogP contribution in [-0.4, -0.2) is 22.3 Å². The summed E-state index contributed by atoms with van der Waals surface area (Å²) in [5, 5.41) is 0. The van der Waals surface area contributed by atoms with Gasteiger partial charge in [-0.25, -0.2) is 4.98 Å². The molecule has 3 atom stereocenters. The van der Waals surface area contributed by atoms with Gasteiger partial charge in [0.05, 0.1) is 24.2 Å². The van der Waals surface area contributed by atoms with Crippen LogP contribution in [0.2, 0.25) is 0 Å². The summed E-state index contributed by atoms with van der Waals surface area (Å²) in [6.45, 7) is 5.04. The van der Waals surface area contributed by atoms with Crippen molar-refractivity contribution in [3.63, 3.8) is 0 Å². The van der Waals surface area contributed by atoms with E-state index >= 15 is 0 Å². The van der Waals surface area contributed by atoms with E-state index < -0.39 is 0 Å². The van der Waals surface area contributed by atoms with Crippen molar-refractivity contribution in [2.24, 2.45) is 5.73 Å². The Morgan fingerprint density at radius 3 is 3.00 bits per heavy atom. The van der Waals surface area contributed by atoms with Crippen LogP contribution in [-0.2, 0) is 4.74 Å². The molecule has 1 aromatic rings. The first-order valence-corrected chi connectivity index (χ1v) is 5.59. The number of rotatable bonds is 3. The smallest absolute Gasteiger partial charge is 0.0952 e. The van der Waals surface area contributed by atoms with Gasteiger partial charge in [-0.1, -0.05) is 0 Å². The number of aromatic nitrogens is 2. The van der Waals surface area contributed by atoms with Gasteiger partial charge in [0.2, 0.25) is 0 Å². The van der Waals surface area contributed by atoms with Crippen LogP contribution < -0.4 is 5.73 Å². The van der Waals surface area contributed by atoms with Crippen LogP contribution in [0.5, 0.6) is 0 Å². The molecule has 0 aliphatic carbocycles. The van der Waals surface area contributed by atoms with Gasteiger partial charge in [-0.15, -0.1) is 0 Å². The second kappa shape index (κ2) is 4.33. The Morgan fingerprint density at radius 2 is 2.40 bits per heavy atom. The Bertz CT molecular complexity index is 315. The second-order valence-corrected chi connectivity index (χ2v) is 4.31. The summed E-state index contributed by atoms with van der Waals surface area (Å²) in [5.41, 5.74) is 6.98. The molecule has 0 saturated carbocycles. The molecule has 0 aromatic carbocycles. The number of nitrogens with zero attached hydrogens (tertiary/aromatic N) is 2. The quantitative estimate of drug-likeness (QED) is 0.823. The van der Waals surface area contributed by atoms with Crippen LogP contribution in [0.25, 0.3) is 0 Å². The molecule has 0 radical (unpaired) electrons. The van der Waals surface area contributed by atoms with Gasteiger partial charge in [0.15, 0.2) is 0 Å². The minimum atomic E-state index is 0.0244. The molecule has 1 aromatic heterocycles. The van der Waals surface area contributed by atoms with Crippen molar-refractivity contribution in [2.45, 2.75) is 44.9 Å². The first-order chi connectivity index (χ1) is 7.20. The Labute approximate surface area is 90.4 Å². The molecule has 4 nitrogen and oxygen atoms in total. The first kappa shape index (κ1) is 10.6. The van der Waals surface area contributed by atoms with E-state index in [4.69, 9.17) is 10.5 Å². The summed E-state index contributed by atoms with van der Waals surface area (Å²) in [4.78, 5) is 4.16. The average Bonchev–Trinajstić information content (AvgIpc) is 2.88. The predicted molar refractivity (Wildman–Crippen MR) is 58.5 cm³/mol. The van der Waals surface area contributed by atoms with Gasteiger partial charge >= 0.3 is 0 Å². The SMILES string of the molecule is CC(C1CCCO1)n1cncc1[C@H](C)N. The summed E-state index contributed by atoms with van der Waals surface area (Å²) in [5.74, 6) is 0. The Kier molecular flexibility index (Phi) is 3.07. The summed E-state index contributed by atoms with van der Waals surface area (Å²) >= 11 is 0. The molecule has 0 bridgehead atoms. The minimum absolute atomic E-state index is 0.0244. The lowest BCUT2D eigenvalue weighted by atomic mass is 10.1. The Hall–Kier alpha value is -0.870. The fourth-order valence-electron chi connectivity index (χ4n) is 2.17. The van der Waals surface area contributed by atoms with Gasteiger partial charge in [0, 0.05) is 18.8 Å². The van der Waals surface area contributed by atoms with Crippen LogP contribution in [0.3, 0.4) is 0 Å². The number of hydrogen-bond donors (Lipinski definition) is 1. The highest BCUT2D eigenvalue weighted by Crippen LogP contribution is 2.26. The molecule has 84 valence electrons. The lowest BCUT2D eigenvalue weighted by Crippen LogP contribution is -2.23. The normalized spacial score (nSPS) is 25.4. The summed E-state index contributed by atoms with van der Waals surface area (Å²) < 4.78 is 7.82. The van der Waals surface area contributed by atoms with Crippen molar-refractivity contribution >= 4 is 0 Å². The van der Waals surface area contributed by atoms with Gasteiger partial charge in [-0.2, -0.15) is 0 Å². The van der Waals surface area contributed by atoms with Crippen LogP contribution in [0.4, 0.5) is 0 Å². The maximum absolute atomic E-state index is 5.89. The first-order valence-electron chi connectivity index (χ1n) is 5.59. The molecule has 1 aliphatic heterocycles. The van der Waals surface area contributed by atoms with Crippen molar-refractivity contribution in [3.05, 3.63) is 18.2 Å². The molecule has 2 unspecified atom stereocenters.